The Morgan fingerprint density at radius 3 is 2.58 bits per heavy atom. The van der Waals surface area contributed by atoms with E-state index in [1.54, 1.807) is 16.8 Å². The standard InChI is InChI=1S/C22H24N4O4S/c1-4-5-10-31-22-24-21(28)18-14-8-6-7-9-15(14)23-20(26(18)25-22)13-11-16(29-2)19(27)17(12-13)30-3/h6-9,11-12,20H,4-5,10H2,1-3H3,(H2,24,25,27,28)/p+1/t20-/m1/s1. The molecule has 0 fully saturated rings. The molecule has 2 aromatic carbocycles. The Labute approximate surface area is 184 Å². The summed E-state index contributed by atoms with van der Waals surface area (Å²) in [6.07, 6.45) is 1.61. The molecule has 0 saturated carbocycles. The first kappa shape index (κ1) is 21.0. The van der Waals surface area contributed by atoms with Crippen LogP contribution in [0.4, 0.5) is 5.69 Å². The van der Waals surface area contributed by atoms with Gasteiger partial charge in [0.15, 0.2) is 11.5 Å². The number of anilines is 1. The highest BCUT2D eigenvalue weighted by molar-refractivity contribution is 7.99. The van der Waals surface area contributed by atoms with Gasteiger partial charge in [-0.05, 0) is 35.4 Å². The zero-order valence-electron chi connectivity index (χ0n) is 17.6. The highest BCUT2D eigenvalue weighted by Crippen LogP contribution is 2.40. The average molecular weight is 442 g/mol. The second-order valence-electron chi connectivity index (χ2n) is 7.12. The van der Waals surface area contributed by atoms with Crippen molar-refractivity contribution in [2.45, 2.75) is 31.1 Å². The molecule has 1 aliphatic rings. The second kappa shape index (κ2) is 8.89. The number of aromatic nitrogens is 3. The maximum absolute atomic E-state index is 13.1. The summed E-state index contributed by atoms with van der Waals surface area (Å²) in [5.74, 6) is 1.35. The van der Waals surface area contributed by atoms with Crippen LogP contribution in [0, 0.1) is 0 Å². The molecular formula is C22H25N4O4S+. The Balaban J connectivity index is 1.89. The molecular weight excluding hydrogens is 416 g/mol. The van der Waals surface area contributed by atoms with Crippen LogP contribution in [-0.2, 0) is 0 Å². The fourth-order valence-electron chi connectivity index (χ4n) is 3.56. The molecule has 0 aliphatic carbocycles. The van der Waals surface area contributed by atoms with Crippen molar-refractivity contribution in [1.82, 2.24) is 10.1 Å². The van der Waals surface area contributed by atoms with E-state index in [0.717, 1.165) is 35.4 Å². The Kier molecular flexibility index (Phi) is 6.03. The Morgan fingerprint density at radius 1 is 1.19 bits per heavy atom. The molecule has 0 spiro atoms. The van der Waals surface area contributed by atoms with Gasteiger partial charge in [-0.3, -0.25) is 9.78 Å². The monoisotopic (exact) mass is 441 g/mol. The molecule has 31 heavy (non-hydrogen) atoms. The lowest BCUT2D eigenvalue weighted by atomic mass is 10.0. The zero-order chi connectivity index (χ0) is 22.0. The predicted molar refractivity (Wildman–Crippen MR) is 119 cm³/mol. The molecule has 2 heterocycles. The fraction of sp³-hybridized carbons (Fsp3) is 0.318. The molecule has 0 unspecified atom stereocenters. The number of rotatable bonds is 7. The first-order chi connectivity index (χ1) is 15.1. The van der Waals surface area contributed by atoms with Gasteiger partial charge in [0.1, 0.15) is 0 Å². The molecule has 0 saturated heterocycles. The first-order valence-corrected chi connectivity index (χ1v) is 11.1. The van der Waals surface area contributed by atoms with Crippen molar-refractivity contribution in [3.05, 3.63) is 52.3 Å². The lowest BCUT2D eigenvalue weighted by Crippen LogP contribution is -2.55. The number of hydrogen-bond acceptors (Lipinski definition) is 7. The third kappa shape index (κ3) is 3.93. The van der Waals surface area contributed by atoms with Crippen molar-refractivity contribution in [3.8, 4) is 28.5 Å². The van der Waals surface area contributed by atoms with Crippen LogP contribution in [0.15, 0.2) is 46.3 Å². The number of methoxy groups -OCH3 is 2. The number of thioether (sulfide) groups is 1. The molecule has 0 amide bonds. The number of benzene rings is 2. The van der Waals surface area contributed by atoms with E-state index in [2.05, 4.69) is 17.2 Å². The maximum Gasteiger partial charge on any atom is 0.325 e. The van der Waals surface area contributed by atoms with Crippen molar-refractivity contribution < 1.29 is 19.3 Å². The van der Waals surface area contributed by atoms with Crippen LogP contribution in [0.25, 0.3) is 11.3 Å². The minimum Gasteiger partial charge on any atom is -0.502 e. The summed E-state index contributed by atoms with van der Waals surface area (Å²) in [7, 11) is 2.96. The van der Waals surface area contributed by atoms with Crippen LogP contribution in [-0.4, -0.2) is 35.2 Å². The van der Waals surface area contributed by atoms with Gasteiger partial charge in [0.2, 0.25) is 10.9 Å². The number of hydrogen-bond donors (Lipinski definition) is 3. The van der Waals surface area contributed by atoms with Gasteiger partial charge in [-0.15, -0.1) is 0 Å². The first-order valence-electron chi connectivity index (χ1n) is 10.1. The van der Waals surface area contributed by atoms with Crippen molar-refractivity contribution in [2.24, 2.45) is 0 Å². The van der Waals surface area contributed by atoms with Crippen LogP contribution >= 0.6 is 11.8 Å². The average Bonchev–Trinajstić information content (AvgIpc) is 2.78. The molecule has 8 nitrogen and oxygen atoms in total. The van der Waals surface area contributed by atoms with Crippen LogP contribution in [0.2, 0.25) is 0 Å². The molecule has 162 valence electrons. The molecule has 3 N–H and O–H groups in total. The van der Waals surface area contributed by atoms with Gasteiger partial charge in [-0.25, -0.2) is 0 Å². The fourth-order valence-corrected chi connectivity index (χ4v) is 4.50. The minimum atomic E-state index is -0.499. The molecule has 3 aromatic rings. The zero-order valence-corrected chi connectivity index (χ0v) is 18.5. The number of fused-ring (bicyclic) bond motifs is 3. The van der Waals surface area contributed by atoms with Crippen LogP contribution in [0.3, 0.4) is 0 Å². The number of phenolic OH excluding ortho intramolecular Hbond substituents is 1. The normalized spacial score (nSPS) is 14.4. The summed E-state index contributed by atoms with van der Waals surface area (Å²) in [4.78, 5) is 16.0. The topological polar surface area (TPSA) is 100 Å². The summed E-state index contributed by atoms with van der Waals surface area (Å²) >= 11 is 1.52. The van der Waals surface area contributed by atoms with E-state index in [-0.39, 0.29) is 22.8 Å². The number of aromatic amines is 1. The number of ether oxygens (including phenoxy) is 2. The van der Waals surface area contributed by atoms with Gasteiger partial charge in [0.05, 0.1) is 31.0 Å². The number of H-pyrrole nitrogens is 1. The third-order valence-corrected chi connectivity index (χ3v) is 6.09. The van der Waals surface area contributed by atoms with Crippen LogP contribution in [0.5, 0.6) is 17.2 Å². The quantitative estimate of drug-likeness (QED) is 0.294. The molecule has 4 rings (SSSR count). The number of para-hydroxylation sites is 1. The summed E-state index contributed by atoms with van der Waals surface area (Å²) in [6, 6.07) is 11.0. The van der Waals surface area contributed by atoms with Crippen molar-refractivity contribution in [3.63, 3.8) is 0 Å². The van der Waals surface area contributed by atoms with E-state index < -0.39 is 6.17 Å². The summed E-state index contributed by atoms with van der Waals surface area (Å²) in [6.45, 7) is 2.13. The van der Waals surface area contributed by atoms with Gasteiger partial charge in [-0.1, -0.05) is 37.2 Å². The number of aromatic hydroxyl groups is 1. The van der Waals surface area contributed by atoms with Gasteiger partial charge < -0.3 is 19.9 Å². The third-order valence-electron chi connectivity index (χ3n) is 5.14. The van der Waals surface area contributed by atoms with E-state index in [4.69, 9.17) is 14.6 Å². The molecule has 0 bridgehead atoms. The summed E-state index contributed by atoms with van der Waals surface area (Å²) in [5, 5.41) is 19.1. The largest absolute Gasteiger partial charge is 0.502 e. The summed E-state index contributed by atoms with van der Waals surface area (Å²) in [5.41, 5.74) is 2.58. The molecule has 1 atom stereocenters. The Hall–Kier alpha value is -3.20. The highest BCUT2D eigenvalue weighted by atomic mass is 32.2. The lowest BCUT2D eigenvalue weighted by molar-refractivity contribution is -0.759. The number of nitrogens with zero attached hydrogens (tertiary/aromatic N) is 2. The molecule has 9 heteroatoms. The van der Waals surface area contributed by atoms with Crippen LogP contribution in [0.1, 0.15) is 31.5 Å². The van der Waals surface area contributed by atoms with Gasteiger partial charge in [-0.2, -0.15) is 0 Å². The van der Waals surface area contributed by atoms with Crippen molar-refractivity contribution in [1.29, 1.82) is 0 Å². The molecule has 0 radical (unpaired) electrons. The highest BCUT2D eigenvalue weighted by Gasteiger charge is 2.38. The van der Waals surface area contributed by atoms with Crippen molar-refractivity contribution >= 4 is 17.4 Å². The summed E-state index contributed by atoms with van der Waals surface area (Å²) < 4.78 is 12.4. The lowest BCUT2D eigenvalue weighted by Gasteiger charge is -2.23. The Morgan fingerprint density at radius 2 is 1.90 bits per heavy atom. The van der Waals surface area contributed by atoms with E-state index in [9.17, 15) is 9.90 Å². The predicted octanol–water partition coefficient (Wildman–Crippen LogP) is 3.31. The number of unbranched alkanes of at least 4 members (excludes halogenated alkanes) is 1. The van der Waals surface area contributed by atoms with Gasteiger partial charge >= 0.3 is 11.3 Å². The van der Waals surface area contributed by atoms with E-state index in [1.165, 1.54) is 26.0 Å². The molecule has 1 aromatic heterocycles. The Bertz CT molecular complexity index is 1140. The smallest absolute Gasteiger partial charge is 0.325 e. The van der Waals surface area contributed by atoms with Gasteiger partial charge in [0, 0.05) is 10.9 Å². The van der Waals surface area contributed by atoms with E-state index >= 15 is 0 Å². The van der Waals surface area contributed by atoms with E-state index in [1.807, 2.05) is 24.3 Å². The number of nitrogens with one attached hydrogen (secondary N) is 2. The van der Waals surface area contributed by atoms with Crippen molar-refractivity contribution in [2.75, 3.05) is 25.3 Å². The van der Waals surface area contributed by atoms with Gasteiger partial charge in [0.25, 0.3) is 6.17 Å². The number of phenols is 1. The SMILES string of the molecule is CCCCSc1n[n+]2c(c(=O)[nH]1)-c1ccccc1N[C@H]2c1cc(OC)c(O)c(OC)c1. The minimum absolute atomic E-state index is 0.0788. The second-order valence-corrected chi connectivity index (χ2v) is 8.20. The molecule has 1 aliphatic heterocycles. The van der Waals surface area contributed by atoms with Crippen LogP contribution < -0.4 is 25.0 Å². The van der Waals surface area contributed by atoms with E-state index in [0.29, 0.717) is 10.9 Å². The maximum atomic E-state index is 13.1.